The lowest BCUT2D eigenvalue weighted by atomic mass is 9.47. The maximum atomic E-state index is 12.6. The predicted molar refractivity (Wildman–Crippen MR) is 131 cm³/mol. The van der Waals surface area contributed by atoms with Gasteiger partial charge in [0.1, 0.15) is 6.61 Å². The fourth-order valence-corrected chi connectivity index (χ4v) is 8.15. The molecule has 3 aliphatic carbocycles. The number of aliphatic hydroxyl groups excluding tert-OH is 1. The van der Waals surface area contributed by atoms with Gasteiger partial charge in [-0.25, -0.2) is 0 Å². The molecule has 0 bridgehead atoms. The molecule has 6 nitrogen and oxygen atoms in total. The van der Waals surface area contributed by atoms with Gasteiger partial charge in [-0.3, -0.25) is 9.59 Å². The summed E-state index contributed by atoms with van der Waals surface area (Å²) < 4.78 is 6.29. The highest BCUT2D eigenvalue weighted by Crippen LogP contribution is 2.64. The molecule has 3 saturated carbocycles. The molecule has 1 heterocycles. The van der Waals surface area contributed by atoms with Crippen LogP contribution in [-0.4, -0.2) is 35.7 Å². The minimum absolute atomic E-state index is 0.0745. The van der Waals surface area contributed by atoms with Gasteiger partial charge in [-0.05, 0) is 98.1 Å². The van der Waals surface area contributed by atoms with Crippen LogP contribution in [-0.2, 0) is 14.3 Å². The number of ether oxygens (including phenoxy) is 1. The number of nitrogens with one attached hydrogen (secondary N) is 2. The SMILES string of the molecule is CC(O)c1ccc(NC(=O)CO[C@H]2CC[C@H]3[C@@H]4CC[C@H]5NC(=O)CC[C@]5(C)[C@H]4CC[C@]23C)cc1. The molecule has 1 saturated heterocycles. The molecule has 1 unspecified atom stereocenters. The second-order valence-electron chi connectivity index (χ2n) is 11.8. The van der Waals surface area contributed by atoms with Gasteiger partial charge < -0.3 is 20.5 Å². The molecule has 186 valence electrons. The van der Waals surface area contributed by atoms with Gasteiger partial charge in [0, 0.05) is 18.2 Å². The van der Waals surface area contributed by atoms with Crippen LogP contribution < -0.4 is 10.6 Å². The van der Waals surface area contributed by atoms with Crippen molar-refractivity contribution in [3.05, 3.63) is 29.8 Å². The van der Waals surface area contributed by atoms with E-state index in [0.717, 1.165) is 36.9 Å². The highest BCUT2D eigenvalue weighted by atomic mass is 16.5. The first-order valence-electron chi connectivity index (χ1n) is 13.2. The van der Waals surface area contributed by atoms with Crippen LogP contribution >= 0.6 is 0 Å². The third-order valence-corrected chi connectivity index (χ3v) is 10.1. The number of aliphatic hydroxyl groups is 1. The number of piperidine rings is 1. The molecule has 2 amide bonds. The van der Waals surface area contributed by atoms with Crippen molar-refractivity contribution < 1.29 is 19.4 Å². The van der Waals surface area contributed by atoms with Crippen LogP contribution in [0.3, 0.4) is 0 Å². The number of rotatable bonds is 5. The van der Waals surface area contributed by atoms with E-state index in [4.69, 9.17) is 4.74 Å². The van der Waals surface area contributed by atoms with Gasteiger partial charge in [-0.15, -0.1) is 0 Å². The van der Waals surface area contributed by atoms with Crippen LogP contribution in [0.2, 0.25) is 0 Å². The van der Waals surface area contributed by atoms with Gasteiger partial charge in [-0.2, -0.15) is 0 Å². The number of carbonyl (C=O) groups is 2. The summed E-state index contributed by atoms with van der Waals surface area (Å²) in [5.41, 5.74) is 1.90. The van der Waals surface area contributed by atoms with Crippen LogP contribution in [0.1, 0.15) is 83.8 Å². The van der Waals surface area contributed by atoms with E-state index >= 15 is 0 Å². The smallest absolute Gasteiger partial charge is 0.250 e. The number of fused-ring (bicyclic) bond motifs is 5. The normalized spacial score (nSPS) is 39.9. The third-order valence-electron chi connectivity index (χ3n) is 10.1. The fraction of sp³-hybridized carbons (Fsp3) is 0.714. The number of carbonyl (C=O) groups excluding carboxylic acids is 2. The predicted octanol–water partition coefficient (Wildman–Crippen LogP) is 4.58. The molecule has 3 N–H and O–H groups in total. The van der Waals surface area contributed by atoms with Crippen molar-refractivity contribution in [3.8, 4) is 0 Å². The molecule has 4 aliphatic rings. The molecule has 1 aliphatic heterocycles. The van der Waals surface area contributed by atoms with Crippen molar-refractivity contribution >= 4 is 17.5 Å². The Labute approximate surface area is 203 Å². The van der Waals surface area contributed by atoms with Crippen LogP contribution in [0.4, 0.5) is 5.69 Å². The first-order valence-corrected chi connectivity index (χ1v) is 13.2. The summed E-state index contributed by atoms with van der Waals surface area (Å²) in [6, 6.07) is 7.63. The van der Waals surface area contributed by atoms with Gasteiger partial charge in [0.05, 0.1) is 12.2 Å². The molecule has 0 spiro atoms. The molecule has 6 heteroatoms. The van der Waals surface area contributed by atoms with Crippen LogP contribution in [0.5, 0.6) is 0 Å². The summed E-state index contributed by atoms with van der Waals surface area (Å²) in [4.78, 5) is 24.6. The zero-order chi connectivity index (χ0) is 24.1. The topological polar surface area (TPSA) is 87.7 Å². The standard InChI is InChI=1S/C28H40N2O4/c1-17(31)18-4-6-19(7-5-18)29-26(33)16-34-24-11-9-21-20-8-10-23-27(2,15-13-25(32)30-23)22(20)12-14-28(21,24)3/h4-7,17,20-24,31H,8-16H2,1-3H3,(H,29,33)(H,30,32)/t17?,20-,21-,22-,23+,24-,27+,28-/m0/s1. The lowest BCUT2D eigenvalue weighted by Gasteiger charge is -2.60. The summed E-state index contributed by atoms with van der Waals surface area (Å²) in [6.07, 6.45) is 8.12. The van der Waals surface area contributed by atoms with E-state index in [0.29, 0.717) is 30.2 Å². The first kappa shape index (κ1) is 23.8. The molecular weight excluding hydrogens is 428 g/mol. The van der Waals surface area contributed by atoms with Crippen molar-refractivity contribution in [2.24, 2.45) is 28.6 Å². The number of hydrogen-bond donors (Lipinski definition) is 3. The number of anilines is 1. The maximum absolute atomic E-state index is 12.6. The van der Waals surface area contributed by atoms with E-state index in [9.17, 15) is 14.7 Å². The molecule has 4 fully saturated rings. The summed E-state index contributed by atoms with van der Waals surface area (Å²) in [6.45, 7) is 6.63. The van der Waals surface area contributed by atoms with E-state index in [1.54, 1.807) is 6.92 Å². The minimum Gasteiger partial charge on any atom is -0.389 e. The molecule has 1 aromatic carbocycles. The molecule has 0 radical (unpaired) electrons. The van der Waals surface area contributed by atoms with E-state index in [1.165, 1.54) is 19.3 Å². The highest BCUT2D eigenvalue weighted by Gasteiger charge is 2.60. The summed E-state index contributed by atoms with van der Waals surface area (Å²) >= 11 is 0. The second kappa shape index (κ2) is 8.94. The van der Waals surface area contributed by atoms with E-state index in [-0.39, 0.29) is 35.4 Å². The van der Waals surface area contributed by atoms with Crippen molar-refractivity contribution in [1.29, 1.82) is 0 Å². The lowest BCUT2D eigenvalue weighted by molar-refractivity contribution is -0.143. The monoisotopic (exact) mass is 468 g/mol. The van der Waals surface area contributed by atoms with E-state index < -0.39 is 6.10 Å². The van der Waals surface area contributed by atoms with Gasteiger partial charge in [0.25, 0.3) is 0 Å². The average molecular weight is 469 g/mol. The zero-order valence-corrected chi connectivity index (χ0v) is 20.8. The van der Waals surface area contributed by atoms with Crippen molar-refractivity contribution in [2.75, 3.05) is 11.9 Å². The number of benzene rings is 1. The van der Waals surface area contributed by atoms with Crippen LogP contribution in [0.25, 0.3) is 0 Å². The Kier molecular flexibility index (Phi) is 6.26. The molecule has 1 aromatic rings. The summed E-state index contributed by atoms with van der Waals surface area (Å²) in [5, 5.41) is 15.9. The second-order valence-corrected chi connectivity index (χ2v) is 11.8. The molecule has 5 rings (SSSR count). The van der Waals surface area contributed by atoms with E-state index in [1.807, 2.05) is 24.3 Å². The van der Waals surface area contributed by atoms with Crippen molar-refractivity contribution in [1.82, 2.24) is 5.32 Å². The van der Waals surface area contributed by atoms with Gasteiger partial charge in [0.15, 0.2) is 0 Å². The van der Waals surface area contributed by atoms with Crippen molar-refractivity contribution in [3.63, 3.8) is 0 Å². The zero-order valence-electron chi connectivity index (χ0n) is 20.8. The van der Waals surface area contributed by atoms with Gasteiger partial charge in [-0.1, -0.05) is 26.0 Å². The Morgan fingerprint density at radius 3 is 2.56 bits per heavy atom. The molecule has 0 aromatic heterocycles. The Morgan fingerprint density at radius 1 is 1.09 bits per heavy atom. The average Bonchev–Trinajstić information content (AvgIpc) is 3.15. The highest BCUT2D eigenvalue weighted by molar-refractivity contribution is 5.91. The Hall–Kier alpha value is -1.92. The Balaban J connectivity index is 1.20. The summed E-state index contributed by atoms with van der Waals surface area (Å²) in [7, 11) is 0. The molecule has 34 heavy (non-hydrogen) atoms. The van der Waals surface area contributed by atoms with Gasteiger partial charge >= 0.3 is 0 Å². The van der Waals surface area contributed by atoms with Crippen molar-refractivity contribution in [2.45, 2.75) is 90.4 Å². The Bertz CT molecular complexity index is 931. The van der Waals surface area contributed by atoms with Crippen LogP contribution in [0, 0.1) is 28.6 Å². The number of amides is 2. The van der Waals surface area contributed by atoms with E-state index in [2.05, 4.69) is 24.5 Å². The largest absolute Gasteiger partial charge is 0.389 e. The Morgan fingerprint density at radius 2 is 1.82 bits per heavy atom. The maximum Gasteiger partial charge on any atom is 0.250 e. The molecule has 8 atom stereocenters. The fourth-order valence-electron chi connectivity index (χ4n) is 8.15. The quantitative estimate of drug-likeness (QED) is 0.590. The lowest BCUT2D eigenvalue weighted by Crippen LogP contribution is -2.61. The molecular formula is C28H40N2O4. The summed E-state index contributed by atoms with van der Waals surface area (Å²) in [5.74, 6) is 2.12. The third kappa shape index (κ3) is 4.07. The number of hydrogen-bond acceptors (Lipinski definition) is 4. The first-order chi connectivity index (χ1) is 16.2. The minimum atomic E-state index is -0.520. The van der Waals surface area contributed by atoms with Gasteiger partial charge in [0.2, 0.25) is 11.8 Å². The van der Waals surface area contributed by atoms with Crippen LogP contribution in [0.15, 0.2) is 24.3 Å².